The molecule has 3 aromatic rings. The SMILES string of the molecule is Cc1ccc2ncnc(N(C)CCc3noc(C(C)C)n3)c2n1. The second-order valence-electron chi connectivity index (χ2n) is 5.89. The molecule has 0 fully saturated rings. The third kappa shape index (κ3) is 3.28. The summed E-state index contributed by atoms with van der Waals surface area (Å²) in [5.74, 6) is 2.44. The molecule has 0 aliphatic rings. The van der Waals surface area contributed by atoms with Gasteiger partial charge in [0.05, 0.1) is 5.52 Å². The molecule has 23 heavy (non-hydrogen) atoms. The van der Waals surface area contributed by atoms with Gasteiger partial charge in [-0.2, -0.15) is 4.98 Å². The van der Waals surface area contributed by atoms with E-state index in [4.69, 9.17) is 4.52 Å². The number of fused-ring (bicyclic) bond motifs is 1. The number of aryl methyl sites for hydroxylation is 1. The normalized spacial score (nSPS) is 11.3. The fourth-order valence-corrected chi connectivity index (χ4v) is 2.28. The summed E-state index contributed by atoms with van der Waals surface area (Å²) in [6, 6.07) is 3.91. The summed E-state index contributed by atoms with van der Waals surface area (Å²) in [5.41, 5.74) is 2.60. The summed E-state index contributed by atoms with van der Waals surface area (Å²) in [6.45, 7) is 6.75. The standard InChI is InChI=1S/C16H20N6O/c1-10(2)16-20-13(21-23-16)7-8-22(4)15-14-12(17-9-18-15)6-5-11(3)19-14/h5-6,9-10H,7-8H2,1-4H3. The van der Waals surface area contributed by atoms with Crippen molar-refractivity contribution in [3.05, 3.63) is 35.9 Å². The van der Waals surface area contributed by atoms with Crippen LogP contribution in [0.5, 0.6) is 0 Å². The number of rotatable bonds is 5. The average Bonchev–Trinajstić information content (AvgIpc) is 3.01. The van der Waals surface area contributed by atoms with E-state index in [1.807, 2.05) is 44.9 Å². The van der Waals surface area contributed by atoms with Crippen LogP contribution in [0.1, 0.15) is 37.2 Å². The molecule has 0 spiro atoms. The third-order valence-electron chi connectivity index (χ3n) is 3.61. The largest absolute Gasteiger partial charge is 0.357 e. The van der Waals surface area contributed by atoms with Gasteiger partial charge in [-0.15, -0.1) is 0 Å². The van der Waals surface area contributed by atoms with E-state index in [1.165, 1.54) is 0 Å². The first-order valence-electron chi connectivity index (χ1n) is 7.66. The van der Waals surface area contributed by atoms with Gasteiger partial charge in [0.15, 0.2) is 11.6 Å². The molecule has 0 saturated heterocycles. The molecule has 0 bridgehead atoms. The van der Waals surface area contributed by atoms with E-state index >= 15 is 0 Å². The Bertz CT molecular complexity index is 813. The Morgan fingerprint density at radius 3 is 2.74 bits per heavy atom. The molecule has 0 aliphatic heterocycles. The molecule has 0 unspecified atom stereocenters. The van der Waals surface area contributed by atoms with Gasteiger partial charge in [-0.25, -0.2) is 15.0 Å². The van der Waals surface area contributed by atoms with E-state index in [1.54, 1.807) is 6.33 Å². The van der Waals surface area contributed by atoms with Crippen LogP contribution in [0.2, 0.25) is 0 Å². The molecule has 3 rings (SSSR count). The minimum atomic E-state index is 0.243. The van der Waals surface area contributed by atoms with E-state index < -0.39 is 0 Å². The molecule has 0 aromatic carbocycles. The predicted octanol–water partition coefficient (Wildman–Crippen LogP) is 2.52. The van der Waals surface area contributed by atoms with Crippen LogP contribution in [0, 0.1) is 6.92 Å². The molecular weight excluding hydrogens is 292 g/mol. The fourth-order valence-electron chi connectivity index (χ4n) is 2.28. The van der Waals surface area contributed by atoms with Crippen molar-refractivity contribution in [3.8, 4) is 0 Å². The van der Waals surface area contributed by atoms with Crippen LogP contribution < -0.4 is 4.90 Å². The maximum atomic E-state index is 5.23. The number of hydrogen-bond acceptors (Lipinski definition) is 7. The minimum absolute atomic E-state index is 0.243. The lowest BCUT2D eigenvalue weighted by Gasteiger charge is -2.18. The Balaban J connectivity index is 1.77. The summed E-state index contributed by atoms with van der Waals surface area (Å²) >= 11 is 0. The Morgan fingerprint density at radius 2 is 2.00 bits per heavy atom. The lowest BCUT2D eigenvalue weighted by atomic mass is 10.2. The molecule has 7 heteroatoms. The number of pyridine rings is 1. The molecular formula is C16H20N6O. The maximum Gasteiger partial charge on any atom is 0.229 e. The van der Waals surface area contributed by atoms with Crippen molar-refractivity contribution < 1.29 is 4.52 Å². The van der Waals surface area contributed by atoms with Gasteiger partial charge in [0.25, 0.3) is 0 Å². The highest BCUT2D eigenvalue weighted by atomic mass is 16.5. The molecule has 0 aliphatic carbocycles. The smallest absolute Gasteiger partial charge is 0.229 e. The third-order valence-corrected chi connectivity index (χ3v) is 3.61. The van der Waals surface area contributed by atoms with E-state index in [2.05, 4.69) is 25.1 Å². The first-order chi connectivity index (χ1) is 11.0. The molecule has 3 aromatic heterocycles. The van der Waals surface area contributed by atoms with Gasteiger partial charge in [0.1, 0.15) is 11.8 Å². The number of aromatic nitrogens is 5. The lowest BCUT2D eigenvalue weighted by Crippen LogP contribution is -2.22. The highest BCUT2D eigenvalue weighted by Crippen LogP contribution is 2.20. The summed E-state index contributed by atoms with van der Waals surface area (Å²) in [5, 5.41) is 4.02. The van der Waals surface area contributed by atoms with Crippen LogP contribution in [-0.2, 0) is 6.42 Å². The molecule has 7 nitrogen and oxygen atoms in total. The van der Waals surface area contributed by atoms with Crippen molar-refractivity contribution in [2.24, 2.45) is 0 Å². The topological polar surface area (TPSA) is 80.8 Å². The van der Waals surface area contributed by atoms with Crippen LogP contribution in [0.25, 0.3) is 11.0 Å². The van der Waals surface area contributed by atoms with Gasteiger partial charge in [-0.1, -0.05) is 19.0 Å². The van der Waals surface area contributed by atoms with Crippen LogP contribution in [0.3, 0.4) is 0 Å². The van der Waals surface area contributed by atoms with Gasteiger partial charge in [-0.05, 0) is 19.1 Å². The lowest BCUT2D eigenvalue weighted by molar-refractivity contribution is 0.360. The van der Waals surface area contributed by atoms with Crippen molar-refractivity contribution in [3.63, 3.8) is 0 Å². The van der Waals surface area contributed by atoms with Gasteiger partial charge in [0.2, 0.25) is 5.89 Å². The zero-order chi connectivity index (χ0) is 16.4. The fraction of sp³-hybridized carbons (Fsp3) is 0.438. The summed E-state index contributed by atoms with van der Waals surface area (Å²) < 4.78 is 5.23. The second kappa shape index (κ2) is 6.28. The van der Waals surface area contributed by atoms with Crippen molar-refractivity contribution >= 4 is 16.9 Å². The number of likely N-dealkylation sites (N-methyl/N-ethyl adjacent to an activating group) is 1. The number of nitrogens with zero attached hydrogens (tertiary/aromatic N) is 6. The first-order valence-corrected chi connectivity index (χ1v) is 7.66. The molecule has 0 amide bonds. The van der Waals surface area contributed by atoms with E-state index in [0.717, 1.165) is 29.1 Å². The van der Waals surface area contributed by atoms with Gasteiger partial charge >= 0.3 is 0 Å². The number of anilines is 1. The monoisotopic (exact) mass is 312 g/mol. The van der Waals surface area contributed by atoms with Crippen LogP contribution in [0.4, 0.5) is 5.82 Å². The zero-order valence-electron chi connectivity index (χ0n) is 13.8. The quantitative estimate of drug-likeness (QED) is 0.716. The molecule has 0 atom stereocenters. The highest BCUT2D eigenvalue weighted by molar-refractivity contribution is 5.85. The highest BCUT2D eigenvalue weighted by Gasteiger charge is 2.13. The Labute approximate surface area is 134 Å². The molecule has 0 saturated carbocycles. The van der Waals surface area contributed by atoms with Gasteiger partial charge in [0, 0.05) is 31.6 Å². The van der Waals surface area contributed by atoms with Crippen LogP contribution in [-0.4, -0.2) is 38.7 Å². The van der Waals surface area contributed by atoms with Gasteiger partial charge < -0.3 is 9.42 Å². The van der Waals surface area contributed by atoms with Crippen molar-refractivity contribution in [1.82, 2.24) is 25.1 Å². The van der Waals surface area contributed by atoms with Crippen LogP contribution in [0.15, 0.2) is 23.0 Å². The summed E-state index contributed by atoms with van der Waals surface area (Å²) in [6.07, 6.45) is 2.25. The molecule has 0 N–H and O–H groups in total. The minimum Gasteiger partial charge on any atom is -0.357 e. The van der Waals surface area contributed by atoms with Gasteiger partial charge in [-0.3, -0.25) is 0 Å². The number of hydrogen-bond donors (Lipinski definition) is 0. The molecule has 3 heterocycles. The van der Waals surface area contributed by atoms with E-state index in [9.17, 15) is 0 Å². The van der Waals surface area contributed by atoms with E-state index in [0.29, 0.717) is 18.1 Å². The summed E-state index contributed by atoms with van der Waals surface area (Å²) in [4.78, 5) is 19.7. The Morgan fingerprint density at radius 1 is 1.17 bits per heavy atom. The maximum absolute atomic E-state index is 5.23. The first kappa shape index (κ1) is 15.3. The molecule has 120 valence electrons. The van der Waals surface area contributed by atoms with Crippen molar-refractivity contribution in [1.29, 1.82) is 0 Å². The molecule has 0 radical (unpaired) electrons. The van der Waals surface area contributed by atoms with Crippen molar-refractivity contribution in [2.45, 2.75) is 33.1 Å². The van der Waals surface area contributed by atoms with E-state index in [-0.39, 0.29) is 5.92 Å². The Kier molecular flexibility index (Phi) is 4.18. The zero-order valence-corrected chi connectivity index (χ0v) is 13.8. The average molecular weight is 312 g/mol. The summed E-state index contributed by atoms with van der Waals surface area (Å²) in [7, 11) is 1.98. The van der Waals surface area contributed by atoms with Crippen LogP contribution >= 0.6 is 0 Å². The Hall–Kier alpha value is -2.57. The second-order valence-corrected chi connectivity index (χ2v) is 5.89. The predicted molar refractivity (Wildman–Crippen MR) is 87.4 cm³/mol. The van der Waals surface area contributed by atoms with Crippen molar-refractivity contribution in [2.75, 3.05) is 18.5 Å².